The maximum atomic E-state index is 12.6. The van der Waals surface area contributed by atoms with Gasteiger partial charge in [-0.25, -0.2) is 0 Å². The minimum absolute atomic E-state index is 0.124. The molecular weight excluding hydrogens is 256 g/mol. The Morgan fingerprint density at radius 2 is 2.20 bits per heavy atom. The van der Waals surface area contributed by atoms with E-state index in [2.05, 4.69) is 15.5 Å². The molecule has 1 aliphatic rings. The van der Waals surface area contributed by atoms with E-state index in [9.17, 15) is 9.59 Å². The van der Waals surface area contributed by atoms with Gasteiger partial charge < -0.3 is 10.2 Å². The molecule has 1 fully saturated rings. The van der Waals surface area contributed by atoms with Gasteiger partial charge in [-0.15, -0.1) is 0 Å². The van der Waals surface area contributed by atoms with Gasteiger partial charge in [-0.2, -0.15) is 5.10 Å². The molecule has 6 nitrogen and oxygen atoms in total. The fourth-order valence-electron chi connectivity index (χ4n) is 2.49. The van der Waals surface area contributed by atoms with Gasteiger partial charge in [0.05, 0.1) is 11.7 Å². The lowest BCUT2D eigenvalue weighted by atomic mass is 9.97. The third-order valence-electron chi connectivity index (χ3n) is 3.78. The number of nitrogens with one attached hydrogen (secondary N) is 2. The number of aromatic nitrogens is 2. The summed E-state index contributed by atoms with van der Waals surface area (Å²) < 4.78 is 0. The van der Waals surface area contributed by atoms with Crippen molar-refractivity contribution >= 4 is 22.7 Å². The van der Waals surface area contributed by atoms with Crippen LogP contribution in [0.2, 0.25) is 0 Å². The van der Waals surface area contributed by atoms with Crippen LogP contribution in [0, 0.1) is 0 Å². The van der Waals surface area contributed by atoms with Gasteiger partial charge in [-0.3, -0.25) is 14.7 Å². The topological polar surface area (TPSA) is 78.1 Å². The number of piperazine rings is 1. The third kappa shape index (κ3) is 1.84. The molecule has 0 atom stereocenters. The van der Waals surface area contributed by atoms with Crippen LogP contribution >= 0.6 is 0 Å². The summed E-state index contributed by atoms with van der Waals surface area (Å²) >= 11 is 0. The lowest BCUT2D eigenvalue weighted by Crippen LogP contribution is -2.63. The molecule has 1 saturated heterocycles. The lowest BCUT2D eigenvalue weighted by molar-refractivity contribution is -0.133. The van der Waals surface area contributed by atoms with Crippen LogP contribution in [0.15, 0.2) is 24.4 Å². The van der Waals surface area contributed by atoms with Gasteiger partial charge >= 0.3 is 0 Å². The first-order valence-corrected chi connectivity index (χ1v) is 6.53. The summed E-state index contributed by atoms with van der Waals surface area (Å²) in [6.45, 7) is 4.52. The number of aromatic amines is 1. The van der Waals surface area contributed by atoms with Crippen molar-refractivity contribution < 1.29 is 9.59 Å². The van der Waals surface area contributed by atoms with Crippen molar-refractivity contribution in [2.45, 2.75) is 19.4 Å². The molecule has 3 rings (SSSR count). The number of amides is 2. The monoisotopic (exact) mass is 272 g/mol. The van der Waals surface area contributed by atoms with E-state index in [1.807, 2.05) is 6.07 Å². The van der Waals surface area contributed by atoms with Crippen molar-refractivity contribution in [3.05, 3.63) is 30.0 Å². The number of hydrogen-bond donors (Lipinski definition) is 2. The molecule has 0 spiro atoms. The minimum Gasteiger partial charge on any atom is -0.352 e. The molecule has 1 aromatic heterocycles. The second kappa shape index (κ2) is 4.33. The summed E-state index contributed by atoms with van der Waals surface area (Å²) in [5, 5.41) is 10.5. The van der Waals surface area contributed by atoms with Crippen molar-refractivity contribution in [2.75, 3.05) is 13.1 Å². The maximum absolute atomic E-state index is 12.6. The van der Waals surface area contributed by atoms with Crippen LogP contribution in [-0.4, -0.2) is 45.5 Å². The molecule has 2 aromatic rings. The molecule has 0 bridgehead atoms. The number of H-pyrrole nitrogens is 1. The smallest absolute Gasteiger partial charge is 0.254 e. The second-order valence-corrected chi connectivity index (χ2v) is 5.44. The number of carbonyl (C=O) groups is 2. The van der Waals surface area contributed by atoms with Gasteiger partial charge in [-0.1, -0.05) is 0 Å². The van der Waals surface area contributed by atoms with Crippen LogP contribution in [0.25, 0.3) is 10.9 Å². The zero-order chi connectivity index (χ0) is 14.3. The predicted molar refractivity (Wildman–Crippen MR) is 74.2 cm³/mol. The van der Waals surface area contributed by atoms with Crippen molar-refractivity contribution in [1.29, 1.82) is 0 Å². The van der Waals surface area contributed by atoms with E-state index in [4.69, 9.17) is 0 Å². The Hall–Kier alpha value is -2.37. The molecule has 20 heavy (non-hydrogen) atoms. The predicted octanol–water partition coefficient (Wildman–Crippen LogP) is 0.913. The van der Waals surface area contributed by atoms with E-state index in [0.717, 1.165) is 10.9 Å². The van der Waals surface area contributed by atoms with Crippen LogP contribution in [0.1, 0.15) is 24.2 Å². The van der Waals surface area contributed by atoms with Crippen molar-refractivity contribution in [1.82, 2.24) is 20.4 Å². The van der Waals surface area contributed by atoms with Gasteiger partial charge in [0.2, 0.25) is 5.91 Å². The second-order valence-electron chi connectivity index (χ2n) is 5.44. The van der Waals surface area contributed by atoms with Gasteiger partial charge in [-0.05, 0) is 32.0 Å². The summed E-state index contributed by atoms with van der Waals surface area (Å²) in [6, 6.07) is 5.38. The highest BCUT2D eigenvalue weighted by atomic mass is 16.2. The van der Waals surface area contributed by atoms with Gasteiger partial charge in [0, 0.05) is 24.0 Å². The maximum Gasteiger partial charge on any atom is 0.254 e. The quantitative estimate of drug-likeness (QED) is 0.810. The Labute approximate surface area is 116 Å². The van der Waals surface area contributed by atoms with E-state index in [-0.39, 0.29) is 11.8 Å². The molecule has 104 valence electrons. The first kappa shape index (κ1) is 12.7. The van der Waals surface area contributed by atoms with Crippen molar-refractivity contribution in [2.24, 2.45) is 0 Å². The number of hydrogen-bond acceptors (Lipinski definition) is 3. The Morgan fingerprint density at radius 3 is 3.00 bits per heavy atom. The van der Waals surface area contributed by atoms with E-state index >= 15 is 0 Å². The highest BCUT2D eigenvalue weighted by Crippen LogP contribution is 2.22. The van der Waals surface area contributed by atoms with Crippen LogP contribution in [0.3, 0.4) is 0 Å². The van der Waals surface area contributed by atoms with Crippen molar-refractivity contribution in [3.8, 4) is 0 Å². The highest BCUT2D eigenvalue weighted by Gasteiger charge is 2.40. The number of rotatable bonds is 1. The molecule has 2 N–H and O–H groups in total. The first-order valence-electron chi connectivity index (χ1n) is 6.53. The Morgan fingerprint density at radius 1 is 1.40 bits per heavy atom. The zero-order valence-electron chi connectivity index (χ0n) is 11.4. The molecular formula is C14H16N4O2. The molecule has 1 aliphatic heterocycles. The van der Waals surface area contributed by atoms with Crippen LogP contribution in [0.5, 0.6) is 0 Å². The zero-order valence-corrected chi connectivity index (χ0v) is 11.4. The normalized spacial score (nSPS) is 18.1. The number of carbonyl (C=O) groups excluding carboxylic acids is 2. The van der Waals surface area contributed by atoms with E-state index in [0.29, 0.717) is 18.7 Å². The Balaban J connectivity index is 1.96. The Bertz CT molecular complexity index is 689. The first-order chi connectivity index (χ1) is 9.50. The number of nitrogens with zero attached hydrogens (tertiary/aromatic N) is 2. The molecule has 0 radical (unpaired) electrons. The van der Waals surface area contributed by atoms with E-state index < -0.39 is 5.54 Å². The molecule has 2 amide bonds. The molecule has 0 saturated carbocycles. The summed E-state index contributed by atoms with van der Waals surface area (Å²) in [6.07, 6.45) is 1.68. The van der Waals surface area contributed by atoms with Crippen molar-refractivity contribution in [3.63, 3.8) is 0 Å². The lowest BCUT2D eigenvalue weighted by Gasteiger charge is -2.41. The number of fused-ring (bicyclic) bond motifs is 1. The molecule has 2 heterocycles. The summed E-state index contributed by atoms with van der Waals surface area (Å²) in [5.74, 6) is -0.255. The van der Waals surface area contributed by atoms with E-state index in [1.165, 1.54) is 0 Å². The number of benzene rings is 1. The van der Waals surface area contributed by atoms with Crippen LogP contribution < -0.4 is 5.32 Å². The van der Waals surface area contributed by atoms with Gasteiger partial charge in [0.15, 0.2) is 0 Å². The summed E-state index contributed by atoms with van der Waals surface area (Å²) in [4.78, 5) is 26.2. The molecule has 0 aliphatic carbocycles. The molecule has 1 aromatic carbocycles. The molecule has 6 heteroatoms. The van der Waals surface area contributed by atoms with Crippen LogP contribution in [-0.2, 0) is 4.79 Å². The fraction of sp³-hybridized carbons (Fsp3) is 0.357. The van der Waals surface area contributed by atoms with Gasteiger partial charge in [0.25, 0.3) is 5.91 Å². The molecule has 0 unspecified atom stereocenters. The highest BCUT2D eigenvalue weighted by molar-refractivity contribution is 6.01. The average molecular weight is 272 g/mol. The SMILES string of the molecule is CC1(C)C(=O)NCCN1C(=O)c1ccc2[nH]ncc2c1. The van der Waals surface area contributed by atoms with E-state index in [1.54, 1.807) is 37.1 Å². The summed E-state index contributed by atoms with van der Waals surface area (Å²) in [7, 11) is 0. The van der Waals surface area contributed by atoms with Gasteiger partial charge in [0.1, 0.15) is 5.54 Å². The Kier molecular flexibility index (Phi) is 2.74. The van der Waals surface area contributed by atoms with Crippen LogP contribution in [0.4, 0.5) is 0 Å². The minimum atomic E-state index is -0.833. The largest absolute Gasteiger partial charge is 0.352 e. The standard InChI is InChI=1S/C14H16N4O2/c1-14(2)13(20)15-5-6-18(14)12(19)9-3-4-11-10(7-9)8-16-17-11/h3-4,7-8H,5-6H2,1-2H3,(H,15,20)(H,16,17). The third-order valence-corrected chi connectivity index (χ3v) is 3.78. The fourth-order valence-corrected chi connectivity index (χ4v) is 2.49. The summed E-state index contributed by atoms with van der Waals surface area (Å²) in [5.41, 5.74) is 0.625. The average Bonchev–Trinajstić information content (AvgIpc) is 2.88.